The van der Waals surface area contributed by atoms with Gasteiger partial charge in [0.05, 0.1) is 18.4 Å². The summed E-state index contributed by atoms with van der Waals surface area (Å²) in [5.41, 5.74) is 4.99. The Morgan fingerprint density at radius 3 is 2.50 bits per heavy atom. The third-order valence-corrected chi connectivity index (χ3v) is 3.69. The lowest BCUT2D eigenvalue weighted by Gasteiger charge is -2.09. The van der Waals surface area contributed by atoms with Gasteiger partial charge in [0, 0.05) is 4.47 Å². The highest BCUT2D eigenvalue weighted by Gasteiger charge is 2.23. The molecular formula is C8H8BrNO5S. The van der Waals surface area contributed by atoms with Gasteiger partial charge in [0.1, 0.15) is 4.90 Å². The largest absolute Gasteiger partial charge is 0.465 e. The number of carbonyl (C=O) groups excluding carboxylic acids is 1. The maximum absolute atomic E-state index is 11.2. The molecule has 0 saturated heterocycles. The van der Waals surface area contributed by atoms with E-state index in [4.69, 9.17) is 10.3 Å². The number of hydrogen-bond donors (Lipinski definition) is 2. The fourth-order valence-corrected chi connectivity index (χ4v) is 2.78. The highest BCUT2D eigenvalue weighted by atomic mass is 79.9. The van der Waals surface area contributed by atoms with Crippen LogP contribution in [0.25, 0.3) is 0 Å². The first-order chi connectivity index (χ1) is 7.29. The molecule has 0 aliphatic carbocycles. The number of anilines is 1. The van der Waals surface area contributed by atoms with Gasteiger partial charge >= 0.3 is 5.97 Å². The molecule has 0 spiro atoms. The Balaban J connectivity index is 3.58. The number of carbonyl (C=O) groups is 1. The number of hydrogen-bond acceptors (Lipinski definition) is 5. The first-order valence-corrected chi connectivity index (χ1v) is 6.16. The molecule has 0 aliphatic rings. The first kappa shape index (κ1) is 12.9. The summed E-state index contributed by atoms with van der Waals surface area (Å²) < 4.78 is 35.5. The second kappa shape index (κ2) is 4.40. The van der Waals surface area contributed by atoms with Crippen LogP contribution in [0.4, 0.5) is 5.69 Å². The average Bonchev–Trinajstić information content (AvgIpc) is 2.14. The number of methoxy groups -OCH3 is 1. The summed E-state index contributed by atoms with van der Waals surface area (Å²) in [6.07, 6.45) is 0. The van der Waals surface area contributed by atoms with Crippen molar-refractivity contribution in [3.05, 3.63) is 22.2 Å². The van der Waals surface area contributed by atoms with Crippen molar-refractivity contribution in [3.8, 4) is 0 Å². The summed E-state index contributed by atoms with van der Waals surface area (Å²) in [6.45, 7) is 0. The summed E-state index contributed by atoms with van der Waals surface area (Å²) in [4.78, 5) is 10.7. The van der Waals surface area contributed by atoms with E-state index in [1.165, 1.54) is 12.1 Å². The van der Waals surface area contributed by atoms with Gasteiger partial charge in [-0.25, -0.2) is 4.79 Å². The molecule has 0 atom stereocenters. The lowest BCUT2D eigenvalue weighted by Crippen LogP contribution is -2.11. The molecule has 0 aliphatic heterocycles. The van der Waals surface area contributed by atoms with E-state index in [1.807, 2.05) is 0 Å². The van der Waals surface area contributed by atoms with Gasteiger partial charge < -0.3 is 10.5 Å². The third-order valence-electron chi connectivity index (χ3n) is 1.81. The lowest BCUT2D eigenvalue weighted by atomic mass is 10.2. The topological polar surface area (TPSA) is 107 Å². The molecule has 16 heavy (non-hydrogen) atoms. The Morgan fingerprint density at radius 1 is 1.50 bits per heavy atom. The second-order valence-corrected chi connectivity index (χ2v) is 5.02. The molecule has 0 bridgehead atoms. The normalized spacial score (nSPS) is 11.2. The number of halogens is 1. The molecule has 0 fully saturated rings. The first-order valence-electron chi connectivity index (χ1n) is 3.92. The Morgan fingerprint density at radius 2 is 2.06 bits per heavy atom. The fourth-order valence-electron chi connectivity index (χ4n) is 1.12. The Kier molecular flexibility index (Phi) is 3.56. The number of ether oxygens (including phenoxy) is 1. The molecule has 3 N–H and O–H groups in total. The zero-order chi connectivity index (χ0) is 12.5. The summed E-state index contributed by atoms with van der Waals surface area (Å²) in [6, 6.07) is 2.58. The van der Waals surface area contributed by atoms with E-state index in [2.05, 4.69) is 20.7 Å². The Hall–Kier alpha value is -1.12. The zero-order valence-corrected chi connectivity index (χ0v) is 10.5. The molecule has 0 saturated carbocycles. The van der Waals surface area contributed by atoms with Crippen LogP contribution in [-0.2, 0) is 14.9 Å². The van der Waals surface area contributed by atoms with Crippen LogP contribution in [0.2, 0.25) is 0 Å². The molecule has 0 heterocycles. The molecule has 6 nitrogen and oxygen atoms in total. The van der Waals surface area contributed by atoms with Gasteiger partial charge in [-0.1, -0.05) is 0 Å². The molecule has 1 rings (SSSR count). The highest BCUT2D eigenvalue weighted by molar-refractivity contribution is 9.10. The summed E-state index contributed by atoms with van der Waals surface area (Å²) in [5.74, 6) is -0.782. The molecular weight excluding hydrogens is 302 g/mol. The van der Waals surface area contributed by atoms with E-state index in [1.54, 1.807) is 0 Å². The minimum Gasteiger partial charge on any atom is -0.465 e. The van der Waals surface area contributed by atoms with Crippen LogP contribution in [-0.4, -0.2) is 26.0 Å². The van der Waals surface area contributed by atoms with Crippen LogP contribution >= 0.6 is 15.9 Å². The van der Waals surface area contributed by atoms with Crippen LogP contribution in [0.5, 0.6) is 0 Å². The third kappa shape index (κ3) is 2.34. The minimum absolute atomic E-state index is 0.0696. The molecule has 8 heteroatoms. The van der Waals surface area contributed by atoms with Crippen molar-refractivity contribution >= 4 is 37.7 Å². The number of nitrogen functional groups attached to an aromatic ring is 1. The van der Waals surface area contributed by atoms with Crippen molar-refractivity contribution in [2.24, 2.45) is 0 Å². The number of esters is 1. The maximum Gasteiger partial charge on any atom is 0.340 e. The van der Waals surface area contributed by atoms with Crippen LogP contribution < -0.4 is 5.73 Å². The summed E-state index contributed by atoms with van der Waals surface area (Å²) in [7, 11) is -3.37. The van der Waals surface area contributed by atoms with Gasteiger partial charge in [0.2, 0.25) is 0 Å². The molecule has 0 amide bonds. The number of rotatable bonds is 2. The summed E-state index contributed by atoms with van der Waals surface area (Å²) in [5, 5.41) is 0. The molecule has 0 aromatic heterocycles. The Labute approximate surface area is 100 Å². The number of nitrogens with two attached hydrogens (primary N) is 1. The van der Waals surface area contributed by atoms with E-state index in [0.717, 1.165) is 7.11 Å². The van der Waals surface area contributed by atoms with Gasteiger partial charge in [-0.3, -0.25) is 4.55 Å². The van der Waals surface area contributed by atoms with Gasteiger partial charge in [-0.05, 0) is 28.1 Å². The number of benzene rings is 1. The SMILES string of the molecule is COC(=O)c1ccc(Br)c(S(=O)(=O)O)c1N. The predicted molar refractivity (Wildman–Crippen MR) is 59.7 cm³/mol. The highest BCUT2D eigenvalue weighted by Crippen LogP contribution is 2.30. The molecule has 1 aromatic carbocycles. The van der Waals surface area contributed by atoms with Gasteiger partial charge in [0.25, 0.3) is 10.1 Å². The monoisotopic (exact) mass is 309 g/mol. The fraction of sp³-hybridized carbons (Fsp3) is 0.125. The van der Waals surface area contributed by atoms with E-state index in [9.17, 15) is 13.2 Å². The quantitative estimate of drug-likeness (QED) is 0.480. The van der Waals surface area contributed by atoms with E-state index in [-0.39, 0.29) is 15.7 Å². The average molecular weight is 310 g/mol. The zero-order valence-electron chi connectivity index (χ0n) is 8.10. The standard InChI is InChI=1S/C8H8BrNO5S/c1-15-8(11)4-2-3-5(9)7(6(4)10)16(12,13)14/h2-3H,10H2,1H3,(H,12,13,14). The molecule has 0 unspecified atom stereocenters. The Bertz CT molecular complexity index is 540. The van der Waals surface area contributed by atoms with Crippen molar-refractivity contribution in [1.82, 2.24) is 0 Å². The van der Waals surface area contributed by atoms with Gasteiger partial charge in [-0.15, -0.1) is 0 Å². The van der Waals surface area contributed by atoms with Crippen molar-refractivity contribution in [1.29, 1.82) is 0 Å². The van der Waals surface area contributed by atoms with Crippen molar-refractivity contribution in [2.45, 2.75) is 4.90 Å². The van der Waals surface area contributed by atoms with E-state index < -0.39 is 21.0 Å². The minimum atomic E-state index is -4.51. The van der Waals surface area contributed by atoms with E-state index >= 15 is 0 Å². The van der Waals surface area contributed by atoms with Gasteiger partial charge in [-0.2, -0.15) is 8.42 Å². The van der Waals surface area contributed by atoms with Gasteiger partial charge in [0.15, 0.2) is 0 Å². The smallest absolute Gasteiger partial charge is 0.340 e. The van der Waals surface area contributed by atoms with Crippen LogP contribution in [0.3, 0.4) is 0 Å². The molecule has 0 radical (unpaired) electrons. The lowest BCUT2D eigenvalue weighted by molar-refractivity contribution is 0.0601. The van der Waals surface area contributed by atoms with Crippen molar-refractivity contribution < 1.29 is 22.5 Å². The van der Waals surface area contributed by atoms with Crippen molar-refractivity contribution in [2.75, 3.05) is 12.8 Å². The predicted octanol–water partition coefficient (Wildman–Crippen LogP) is 1.06. The second-order valence-electron chi connectivity index (χ2n) is 2.80. The van der Waals surface area contributed by atoms with Crippen LogP contribution in [0.1, 0.15) is 10.4 Å². The summed E-state index contributed by atoms with van der Waals surface area (Å²) >= 11 is 2.92. The van der Waals surface area contributed by atoms with Crippen LogP contribution in [0, 0.1) is 0 Å². The van der Waals surface area contributed by atoms with Crippen LogP contribution in [0.15, 0.2) is 21.5 Å². The van der Waals surface area contributed by atoms with Crippen molar-refractivity contribution in [3.63, 3.8) is 0 Å². The molecule has 88 valence electrons. The molecule has 1 aromatic rings. The van der Waals surface area contributed by atoms with E-state index in [0.29, 0.717) is 0 Å². The maximum atomic E-state index is 11.2.